The van der Waals surface area contributed by atoms with Gasteiger partial charge in [0.2, 0.25) is 0 Å². The van der Waals surface area contributed by atoms with Gasteiger partial charge >= 0.3 is 0 Å². The zero-order valence-electron chi connectivity index (χ0n) is 11.6. The van der Waals surface area contributed by atoms with Crippen molar-refractivity contribution in [3.63, 3.8) is 0 Å². The van der Waals surface area contributed by atoms with Gasteiger partial charge in [-0.1, -0.05) is 18.0 Å². The van der Waals surface area contributed by atoms with Gasteiger partial charge in [0.15, 0.2) is 0 Å². The number of nitriles is 1. The summed E-state index contributed by atoms with van der Waals surface area (Å²) < 4.78 is 0. The fourth-order valence-electron chi connectivity index (χ4n) is 3.58. The summed E-state index contributed by atoms with van der Waals surface area (Å²) in [5.41, 5.74) is 0.556. The minimum Gasteiger partial charge on any atom is -0.367 e. The minimum absolute atomic E-state index is 0.375. The second-order valence-electron chi connectivity index (χ2n) is 5.89. The Kier molecular flexibility index (Phi) is 3.82. The normalized spacial score (nSPS) is 29.8. The highest BCUT2D eigenvalue weighted by atomic mass is 35.5. The Morgan fingerprint density at radius 1 is 1.35 bits per heavy atom. The quantitative estimate of drug-likeness (QED) is 0.851. The Morgan fingerprint density at radius 2 is 2.05 bits per heavy atom. The lowest BCUT2D eigenvalue weighted by molar-refractivity contribution is 0.0608. The van der Waals surface area contributed by atoms with E-state index in [0.29, 0.717) is 28.8 Å². The van der Waals surface area contributed by atoms with Crippen molar-refractivity contribution in [1.82, 2.24) is 9.88 Å². The zero-order valence-corrected chi connectivity index (χ0v) is 12.4. The monoisotopic (exact) mass is 290 g/mol. The van der Waals surface area contributed by atoms with Gasteiger partial charge in [-0.25, -0.2) is 4.98 Å². The summed E-state index contributed by atoms with van der Waals surface area (Å²) in [5, 5.41) is 12.8. The summed E-state index contributed by atoms with van der Waals surface area (Å²) in [7, 11) is 2.25. The van der Waals surface area contributed by atoms with Crippen LogP contribution >= 0.6 is 11.6 Å². The predicted molar refractivity (Wildman–Crippen MR) is 79.8 cm³/mol. The van der Waals surface area contributed by atoms with Crippen LogP contribution in [0.2, 0.25) is 5.15 Å². The first-order chi connectivity index (χ1) is 9.65. The molecule has 0 spiro atoms. The van der Waals surface area contributed by atoms with Crippen LogP contribution in [0.25, 0.3) is 0 Å². The number of hydrogen-bond acceptors (Lipinski definition) is 4. The molecule has 106 valence electrons. The summed E-state index contributed by atoms with van der Waals surface area (Å²) >= 11 is 5.95. The van der Waals surface area contributed by atoms with E-state index >= 15 is 0 Å². The fourth-order valence-corrected chi connectivity index (χ4v) is 3.79. The average molecular weight is 291 g/mol. The molecule has 1 N–H and O–H groups in total. The maximum Gasteiger partial charge on any atom is 0.132 e. The van der Waals surface area contributed by atoms with Crippen molar-refractivity contribution in [2.24, 2.45) is 0 Å². The predicted octanol–water partition coefficient (Wildman–Crippen LogP) is 3.03. The number of fused-ring (bicyclic) bond motifs is 2. The number of anilines is 1. The Balaban J connectivity index is 1.72. The number of rotatable bonds is 2. The first kappa shape index (κ1) is 13.7. The van der Waals surface area contributed by atoms with Gasteiger partial charge in [-0.15, -0.1) is 0 Å². The number of pyridine rings is 1. The van der Waals surface area contributed by atoms with E-state index in [1.54, 1.807) is 12.1 Å². The Bertz CT molecular complexity index is 525. The highest BCUT2D eigenvalue weighted by Gasteiger charge is 2.35. The van der Waals surface area contributed by atoms with E-state index in [2.05, 4.69) is 28.3 Å². The zero-order chi connectivity index (χ0) is 14.1. The summed E-state index contributed by atoms with van der Waals surface area (Å²) in [6.45, 7) is 0. The van der Waals surface area contributed by atoms with Crippen LogP contribution in [0.5, 0.6) is 0 Å². The van der Waals surface area contributed by atoms with Crippen LogP contribution in [0.4, 0.5) is 5.82 Å². The van der Waals surface area contributed by atoms with E-state index in [0.717, 1.165) is 18.7 Å². The second kappa shape index (κ2) is 5.59. The molecule has 4 nitrogen and oxygen atoms in total. The van der Waals surface area contributed by atoms with Gasteiger partial charge < -0.3 is 10.2 Å². The van der Waals surface area contributed by atoms with E-state index < -0.39 is 0 Å². The molecule has 2 unspecified atom stereocenters. The Morgan fingerprint density at radius 3 is 2.70 bits per heavy atom. The standard InChI is InChI=1S/C15H19ClN4/c1-20-12-3-2-4-13(20)8-11(7-12)18-15-6-10(9-17)5-14(16)19-15/h5-6,11-13H,2-4,7-8H2,1H3,(H,18,19). The number of hydrogen-bond donors (Lipinski definition) is 1. The molecular weight excluding hydrogens is 272 g/mol. The fraction of sp³-hybridized carbons (Fsp3) is 0.600. The molecule has 2 atom stereocenters. The van der Waals surface area contributed by atoms with Crippen LogP contribution in [0.15, 0.2) is 12.1 Å². The molecule has 20 heavy (non-hydrogen) atoms. The summed E-state index contributed by atoms with van der Waals surface area (Å²) in [6.07, 6.45) is 6.21. The number of nitrogens with one attached hydrogen (secondary N) is 1. The van der Waals surface area contributed by atoms with Crippen LogP contribution in [0.1, 0.15) is 37.7 Å². The maximum atomic E-state index is 8.99. The average Bonchev–Trinajstić information content (AvgIpc) is 2.39. The minimum atomic E-state index is 0.375. The second-order valence-corrected chi connectivity index (χ2v) is 6.28. The van der Waals surface area contributed by atoms with E-state index in [4.69, 9.17) is 16.9 Å². The topological polar surface area (TPSA) is 52.0 Å². The Hall–Kier alpha value is -1.31. The van der Waals surface area contributed by atoms with Crippen LogP contribution in [0, 0.1) is 11.3 Å². The summed E-state index contributed by atoms with van der Waals surface area (Å²) in [4.78, 5) is 6.81. The molecule has 2 bridgehead atoms. The highest BCUT2D eigenvalue weighted by molar-refractivity contribution is 6.29. The van der Waals surface area contributed by atoms with Gasteiger partial charge in [0.1, 0.15) is 11.0 Å². The molecule has 5 heteroatoms. The van der Waals surface area contributed by atoms with Crippen molar-refractivity contribution in [1.29, 1.82) is 5.26 Å². The third-order valence-electron chi connectivity index (χ3n) is 4.62. The molecular formula is C15H19ClN4. The van der Waals surface area contributed by atoms with Crippen LogP contribution < -0.4 is 5.32 Å². The van der Waals surface area contributed by atoms with Crippen molar-refractivity contribution in [3.8, 4) is 6.07 Å². The first-order valence-corrected chi connectivity index (χ1v) is 7.59. The Labute approximate surface area is 124 Å². The number of aromatic nitrogens is 1. The van der Waals surface area contributed by atoms with Crippen molar-refractivity contribution in [2.45, 2.75) is 50.2 Å². The molecule has 2 aliphatic rings. The maximum absolute atomic E-state index is 8.99. The number of piperidine rings is 2. The molecule has 0 aromatic carbocycles. The number of nitrogens with zero attached hydrogens (tertiary/aromatic N) is 3. The van der Waals surface area contributed by atoms with Crippen molar-refractivity contribution in [3.05, 3.63) is 22.8 Å². The molecule has 3 heterocycles. The van der Waals surface area contributed by atoms with Gasteiger partial charge in [0.25, 0.3) is 0 Å². The largest absolute Gasteiger partial charge is 0.367 e. The SMILES string of the molecule is CN1C2CCCC1CC(Nc1cc(C#N)cc(Cl)n1)C2. The van der Waals surface area contributed by atoms with Gasteiger partial charge in [-0.05, 0) is 44.9 Å². The molecule has 1 aromatic rings. The molecule has 0 amide bonds. The van der Waals surface area contributed by atoms with Crippen LogP contribution in [0.3, 0.4) is 0 Å². The lowest BCUT2D eigenvalue weighted by atomic mass is 9.82. The first-order valence-electron chi connectivity index (χ1n) is 7.22. The molecule has 2 fully saturated rings. The van der Waals surface area contributed by atoms with Gasteiger partial charge in [0.05, 0.1) is 11.6 Å². The third-order valence-corrected chi connectivity index (χ3v) is 4.81. The number of halogens is 1. The molecule has 0 saturated carbocycles. The molecule has 3 rings (SSSR count). The van der Waals surface area contributed by atoms with E-state index in [1.807, 2.05) is 0 Å². The lowest BCUT2D eigenvalue weighted by Gasteiger charge is -2.47. The molecule has 1 aromatic heterocycles. The lowest BCUT2D eigenvalue weighted by Crippen LogP contribution is -2.52. The molecule has 2 aliphatic heterocycles. The van der Waals surface area contributed by atoms with Crippen molar-refractivity contribution >= 4 is 17.4 Å². The summed E-state index contributed by atoms with van der Waals surface area (Å²) in [6, 6.07) is 7.27. The summed E-state index contributed by atoms with van der Waals surface area (Å²) in [5.74, 6) is 0.724. The van der Waals surface area contributed by atoms with Crippen LogP contribution in [-0.2, 0) is 0 Å². The third kappa shape index (κ3) is 2.74. The molecule has 0 aliphatic carbocycles. The van der Waals surface area contributed by atoms with Gasteiger partial charge in [-0.3, -0.25) is 0 Å². The van der Waals surface area contributed by atoms with Gasteiger partial charge in [-0.2, -0.15) is 5.26 Å². The van der Waals surface area contributed by atoms with E-state index in [9.17, 15) is 0 Å². The molecule has 0 radical (unpaired) electrons. The highest BCUT2D eigenvalue weighted by Crippen LogP contribution is 2.33. The van der Waals surface area contributed by atoms with Crippen molar-refractivity contribution < 1.29 is 0 Å². The van der Waals surface area contributed by atoms with Gasteiger partial charge in [0, 0.05) is 18.1 Å². The van der Waals surface area contributed by atoms with E-state index in [-0.39, 0.29) is 0 Å². The smallest absolute Gasteiger partial charge is 0.132 e. The van der Waals surface area contributed by atoms with Crippen LogP contribution in [-0.4, -0.2) is 35.1 Å². The molecule has 2 saturated heterocycles. The van der Waals surface area contributed by atoms with E-state index in [1.165, 1.54) is 19.3 Å². The van der Waals surface area contributed by atoms with Crippen molar-refractivity contribution in [2.75, 3.05) is 12.4 Å².